The van der Waals surface area contributed by atoms with Crippen molar-refractivity contribution in [2.75, 3.05) is 6.61 Å². The molecule has 2 nitrogen and oxygen atoms in total. The van der Waals surface area contributed by atoms with Crippen LogP contribution in [0.1, 0.15) is 22.6 Å². The van der Waals surface area contributed by atoms with E-state index in [0.29, 0.717) is 0 Å². The Bertz CT molecular complexity index is 346. The standard InChI is InChI=1S/C10H11NOS/c11-6-9-2-1-8(13-9)5-10(7-12)3-4-10/h1-2,12H,3-5,7H2. The second-order valence-corrected chi connectivity index (χ2v) is 4.88. The van der Waals surface area contributed by atoms with E-state index >= 15 is 0 Å². The molecule has 1 N–H and O–H groups in total. The molecule has 0 unspecified atom stereocenters. The fourth-order valence-corrected chi connectivity index (χ4v) is 2.45. The van der Waals surface area contributed by atoms with Gasteiger partial charge in [0.2, 0.25) is 0 Å². The Labute approximate surface area is 81.4 Å². The van der Waals surface area contributed by atoms with Crippen LogP contribution in [0.15, 0.2) is 12.1 Å². The highest BCUT2D eigenvalue weighted by molar-refractivity contribution is 7.12. The maximum absolute atomic E-state index is 9.12. The van der Waals surface area contributed by atoms with Gasteiger partial charge in [-0.25, -0.2) is 0 Å². The largest absolute Gasteiger partial charge is 0.396 e. The highest BCUT2D eigenvalue weighted by Crippen LogP contribution is 2.48. The second kappa shape index (κ2) is 3.13. The molecule has 0 saturated heterocycles. The number of aliphatic hydroxyl groups excluding tert-OH is 1. The summed E-state index contributed by atoms with van der Waals surface area (Å²) >= 11 is 1.54. The Hall–Kier alpha value is -0.850. The van der Waals surface area contributed by atoms with Crippen LogP contribution < -0.4 is 0 Å². The maximum Gasteiger partial charge on any atom is 0.110 e. The molecule has 0 atom stereocenters. The summed E-state index contributed by atoms with van der Waals surface area (Å²) in [5.41, 5.74) is 0.164. The van der Waals surface area contributed by atoms with Crippen molar-refractivity contribution in [1.29, 1.82) is 5.26 Å². The van der Waals surface area contributed by atoms with Crippen LogP contribution in [0, 0.1) is 16.7 Å². The van der Waals surface area contributed by atoms with Gasteiger partial charge in [0.25, 0.3) is 0 Å². The summed E-state index contributed by atoms with van der Waals surface area (Å²) in [5.74, 6) is 0. The van der Waals surface area contributed by atoms with Crippen LogP contribution in [-0.4, -0.2) is 11.7 Å². The lowest BCUT2D eigenvalue weighted by molar-refractivity contribution is 0.212. The number of aliphatic hydroxyl groups is 1. The third-order valence-electron chi connectivity index (χ3n) is 2.61. The SMILES string of the molecule is N#Cc1ccc(CC2(CO)CC2)s1. The minimum Gasteiger partial charge on any atom is -0.396 e. The molecule has 1 aromatic heterocycles. The van der Waals surface area contributed by atoms with E-state index in [1.54, 1.807) is 11.3 Å². The zero-order chi connectivity index (χ0) is 9.31. The number of hydrogen-bond donors (Lipinski definition) is 1. The zero-order valence-corrected chi connectivity index (χ0v) is 8.10. The van der Waals surface area contributed by atoms with Crippen molar-refractivity contribution in [2.24, 2.45) is 5.41 Å². The van der Waals surface area contributed by atoms with Crippen molar-refractivity contribution in [1.82, 2.24) is 0 Å². The Morgan fingerprint density at radius 1 is 1.54 bits per heavy atom. The lowest BCUT2D eigenvalue weighted by Crippen LogP contribution is -2.08. The first kappa shape index (κ1) is 8.74. The van der Waals surface area contributed by atoms with Crippen LogP contribution in [0.25, 0.3) is 0 Å². The average Bonchev–Trinajstić information content (AvgIpc) is 2.77. The van der Waals surface area contributed by atoms with Crippen LogP contribution >= 0.6 is 11.3 Å². The molecule has 0 aliphatic heterocycles. The summed E-state index contributed by atoms with van der Waals surface area (Å²) in [4.78, 5) is 1.99. The highest BCUT2D eigenvalue weighted by Gasteiger charge is 2.42. The number of nitriles is 1. The minimum absolute atomic E-state index is 0.164. The molecule has 1 aliphatic carbocycles. The summed E-state index contributed by atoms with van der Waals surface area (Å²) < 4.78 is 0. The van der Waals surface area contributed by atoms with Gasteiger partial charge < -0.3 is 5.11 Å². The minimum atomic E-state index is 0.164. The summed E-state index contributed by atoms with van der Waals surface area (Å²) in [6.07, 6.45) is 3.20. The topological polar surface area (TPSA) is 44.0 Å². The monoisotopic (exact) mass is 193 g/mol. The first-order valence-corrected chi connectivity index (χ1v) is 5.19. The molecule has 0 spiro atoms. The molecule has 2 rings (SSSR count). The molecule has 0 bridgehead atoms. The van der Waals surface area contributed by atoms with Crippen molar-refractivity contribution in [3.05, 3.63) is 21.9 Å². The Balaban J connectivity index is 2.06. The van der Waals surface area contributed by atoms with Crippen LogP contribution in [0.3, 0.4) is 0 Å². The smallest absolute Gasteiger partial charge is 0.110 e. The van der Waals surface area contributed by atoms with Crippen molar-refractivity contribution in [3.63, 3.8) is 0 Å². The summed E-state index contributed by atoms with van der Waals surface area (Å²) in [6, 6.07) is 5.98. The van der Waals surface area contributed by atoms with Crippen molar-refractivity contribution in [2.45, 2.75) is 19.3 Å². The maximum atomic E-state index is 9.12. The molecule has 1 heterocycles. The van der Waals surface area contributed by atoms with Gasteiger partial charge in [0.1, 0.15) is 10.9 Å². The molecule has 1 aliphatic rings. The molecule has 1 aromatic rings. The van der Waals surface area contributed by atoms with Gasteiger partial charge in [-0.15, -0.1) is 11.3 Å². The van der Waals surface area contributed by atoms with E-state index < -0.39 is 0 Å². The van der Waals surface area contributed by atoms with Crippen molar-refractivity contribution in [3.8, 4) is 6.07 Å². The fourth-order valence-electron chi connectivity index (χ4n) is 1.47. The molecule has 0 aromatic carbocycles. The molecule has 1 fully saturated rings. The molecule has 13 heavy (non-hydrogen) atoms. The summed E-state index contributed by atoms with van der Waals surface area (Å²) in [6.45, 7) is 0.285. The number of rotatable bonds is 3. The quantitative estimate of drug-likeness (QED) is 0.797. The van der Waals surface area contributed by atoms with E-state index in [9.17, 15) is 0 Å². The number of thiophene rings is 1. The molecule has 68 valence electrons. The highest BCUT2D eigenvalue weighted by atomic mass is 32.1. The van der Waals surface area contributed by atoms with Crippen LogP contribution in [0.2, 0.25) is 0 Å². The lowest BCUT2D eigenvalue weighted by atomic mass is 10.0. The van der Waals surface area contributed by atoms with E-state index in [-0.39, 0.29) is 12.0 Å². The number of hydrogen-bond acceptors (Lipinski definition) is 3. The van der Waals surface area contributed by atoms with Gasteiger partial charge in [-0.3, -0.25) is 0 Å². The van der Waals surface area contributed by atoms with Crippen LogP contribution in [0.4, 0.5) is 0 Å². The Kier molecular flexibility index (Phi) is 2.10. The number of nitrogens with zero attached hydrogens (tertiary/aromatic N) is 1. The first-order valence-electron chi connectivity index (χ1n) is 4.38. The van der Waals surface area contributed by atoms with Gasteiger partial charge in [-0.1, -0.05) is 0 Å². The lowest BCUT2D eigenvalue weighted by Gasteiger charge is -2.08. The first-order chi connectivity index (χ1) is 6.28. The van der Waals surface area contributed by atoms with Crippen LogP contribution in [0.5, 0.6) is 0 Å². The zero-order valence-electron chi connectivity index (χ0n) is 7.29. The van der Waals surface area contributed by atoms with Crippen LogP contribution in [-0.2, 0) is 6.42 Å². The van der Waals surface area contributed by atoms with Gasteiger partial charge in [0.05, 0.1) is 0 Å². The van der Waals surface area contributed by atoms with Crippen molar-refractivity contribution >= 4 is 11.3 Å². The van der Waals surface area contributed by atoms with Gasteiger partial charge in [0.15, 0.2) is 0 Å². The summed E-state index contributed by atoms with van der Waals surface area (Å²) in [7, 11) is 0. The average molecular weight is 193 g/mol. The Morgan fingerprint density at radius 3 is 2.77 bits per heavy atom. The fraction of sp³-hybridized carbons (Fsp3) is 0.500. The third-order valence-corrected chi connectivity index (χ3v) is 3.60. The normalized spacial score (nSPS) is 18.2. The molecule has 3 heteroatoms. The molecular formula is C10H11NOS. The van der Waals surface area contributed by atoms with Gasteiger partial charge >= 0.3 is 0 Å². The van der Waals surface area contributed by atoms with Crippen molar-refractivity contribution < 1.29 is 5.11 Å². The molecular weight excluding hydrogens is 182 g/mol. The summed E-state index contributed by atoms with van der Waals surface area (Å²) in [5, 5.41) is 17.8. The third kappa shape index (κ3) is 1.74. The van der Waals surface area contributed by atoms with Gasteiger partial charge in [0, 0.05) is 11.5 Å². The van der Waals surface area contributed by atoms with E-state index in [4.69, 9.17) is 10.4 Å². The van der Waals surface area contributed by atoms with E-state index in [1.807, 2.05) is 12.1 Å². The predicted molar refractivity (Wildman–Crippen MR) is 51.5 cm³/mol. The van der Waals surface area contributed by atoms with E-state index in [0.717, 1.165) is 24.1 Å². The van der Waals surface area contributed by atoms with Gasteiger partial charge in [-0.05, 0) is 36.8 Å². The second-order valence-electron chi connectivity index (χ2n) is 3.71. The molecule has 1 saturated carbocycles. The molecule has 0 radical (unpaired) electrons. The predicted octanol–water partition coefficient (Wildman–Crippen LogP) is 1.93. The molecule has 0 amide bonds. The van der Waals surface area contributed by atoms with E-state index in [2.05, 4.69) is 6.07 Å². The Morgan fingerprint density at radius 2 is 2.31 bits per heavy atom. The van der Waals surface area contributed by atoms with E-state index in [1.165, 1.54) is 4.88 Å². The van der Waals surface area contributed by atoms with Gasteiger partial charge in [-0.2, -0.15) is 5.26 Å².